The smallest absolute Gasteiger partial charge is 0.416 e. The summed E-state index contributed by atoms with van der Waals surface area (Å²) < 4.78 is 58.1. The number of amides is 1. The molecule has 6 rings (SSSR count). The molecule has 0 unspecified atom stereocenters. The van der Waals surface area contributed by atoms with Gasteiger partial charge in [-0.2, -0.15) is 13.2 Å². The number of hydrogen-bond donors (Lipinski definition) is 1. The molecule has 1 N–H and O–H groups in total. The van der Waals surface area contributed by atoms with Crippen LogP contribution in [-0.4, -0.2) is 43.3 Å². The molecule has 3 saturated heterocycles. The molecule has 3 fully saturated rings. The van der Waals surface area contributed by atoms with Gasteiger partial charge in [0.15, 0.2) is 0 Å². The van der Waals surface area contributed by atoms with Crippen LogP contribution in [0.3, 0.4) is 0 Å². The summed E-state index contributed by atoms with van der Waals surface area (Å²) in [6.45, 7) is 4.93. The number of ether oxygens (including phenoxy) is 3. The molecule has 0 aliphatic carbocycles. The van der Waals surface area contributed by atoms with Gasteiger partial charge in [-0.15, -0.1) is 0 Å². The molecule has 3 aromatic carbocycles. The van der Waals surface area contributed by atoms with Gasteiger partial charge in [0.05, 0.1) is 24.5 Å². The number of halogens is 3. The average Bonchev–Trinajstić information content (AvgIpc) is 3.00. The number of nitrogens with zero attached hydrogens (tertiary/aromatic N) is 1. The first-order valence-electron chi connectivity index (χ1n) is 14.3. The zero-order valence-electron chi connectivity index (χ0n) is 23.5. The minimum Gasteiger partial charge on any atom is -0.501 e. The Morgan fingerprint density at radius 2 is 1.79 bits per heavy atom. The molecular formula is C33H35F3N2O4. The van der Waals surface area contributed by atoms with E-state index in [9.17, 15) is 18.0 Å². The Hall–Kier alpha value is -3.98. The topological polar surface area (TPSA) is 60.0 Å². The zero-order valence-corrected chi connectivity index (χ0v) is 23.5. The van der Waals surface area contributed by atoms with E-state index < -0.39 is 23.9 Å². The van der Waals surface area contributed by atoms with Crippen molar-refractivity contribution in [2.75, 3.05) is 26.2 Å². The van der Waals surface area contributed by atoms with E-state index in [0.29, 0.717) is 23.8 Å². The lowest BCUT2D eigenvalue weighted by Crippen LogP contribution is -2.52. The molecule has 3 aliphatic rings. The van der Waals surface area contributed by atoms with Crippen LogP contribution in [0.4, 0.5) is 18.0 Å². The number of piperidine rings is 3. The molecule has 0 spiro atoms. The Bertz CT molecular complexity index is 1370. The van der Waals surface area contributed by atoms with E-state index in [-0.39, 0.29) is 18.3 Å². The molecule has 1 amide bonds. The highest BCUT2D eigenvalue weighted by atomic mass is 19.4. The van der Waals surface area contributed by atoms with Crippen LogP contribution in [0.5, 0.6) is 5.75 Å². The lowest BCUT2D eigenvalue weighted by molar-refractivity contribution is -0.137. The van der Waals surface area contributed by atoms with Crippen LogP contribution in [0.1, 0.15) is 53.6 Å². The van der Waals surface area contributed by atoms with Gasteiger partial charge in [0.1, 0.15) is 18.5 Å². The number of benzene rings is 3. The van der Waals surface area contributed by atoms with Gasteiger partial charge in [-0.3, -0.25) is 4.90 Å². The molecular weight excluding hydrogens is 545 g/mol. The number of hydrogen-bond acceptors (Lipinski definition) is 5. The van der Waals surface area contributed by atoms with Gasteiger partial charge in [-0.05, 0) is 85.3 Å². The van der Waals surface area contributed by atoms with Crippen molar-refractivity contribution in [3.05, 3.63) is 107 Å². The molecule has 222 valence electrons. The molecule has 2 bridgehead atoms. The number of fused-ring (bicyclic) bond motifs is 3. The third-order valence-corrected chi connectivity index (χ3v) is 7.78. The van der Waals surface area contributed by atoms with Crippen LogP contribution in [0, 0.1) is 5.92 Å². The number of alkyl halides is 3. The first-order chi connectivity index (χ1) is 20.3. The second kappa shape index (κ2) is 13.3. The molecule has 3 heterocycles. The SMILES string of the molecule is CCO/C=C/c1ccc(COc2cccc([C@@H](NC(=O)O[C@H]3CN4CCC3CC4)c3ccccc3)c2)cc1C(F)(F)F. The van der Waals surface area contributed by atoms with Crippen LogP contribution in [0.25, 0.3) is 6.08 Å². The monoisotopic (exact) mass is 580 g/mol. The minimum absolute atomic E-state index is 0.0172. The van der Waals surface area contributed by atoms with E-state index in [2.05, 4.69) is 10.2 Å². The summed E-state index contributed by atoms with van der Waals surface area (Å²) in [5.41, 5.74) is 1.26. The molecule has 3 aliphatic heterocycles. The van der Waals surface area contributed by atoms with Crippen molar-refractivity contribution < 1.29 is 32.2 Å². The van der Waals surface area contributed by atoms with E-state index in [1.54, 1.807) is 31.2 Å². The van der Waals surface area contributed by atoms with Crippen LogP contribution in [-0.2, 0) is 22.3 Å². The predicted molar refractivity (Wildman–Crippen MR) is 154 cm³/mol. The van der Waals surface area contributed by atoms with Gasteiger partial charge in [-0.1, -0.05) is 54.6 Å². The maximum Gasteiger partial charge on any atom is 0.416 e. The van der Waals surface area contributed by atoms with E-state index >= 15 is 0 Å². The largest absolute Gasteiger partial charge is 0.501 e. The predicted octanol–water partition coefficient (Wildman–Crippen LogP) is 7.20. The maximum atomic E-state index is 13.7. The van der Waals surface area contributed by atoms with Crippen molar-refractivity contribution in [3.8, 4) is 5.75 Å². The Morgan fingerprint density at radius 1 is 1.02 bits per heavy atom. The second-order valence-corrected chi connectivity index (χ2v) is 10.6. The summed E-state index contributed by atoms with van der Waals surface area (Å²) in [4.78, 5) is 15.4. The van der Waals surface area contributed by atoms with Crippen LogP contribution in [0.2, 0.25) is 0 Å². The lowest BCUT2D eigenvalue weighted by atomic mass is 9.86. The van der Waals surface area contributed by atoms with Crippen molar-refractivity contribution in [2.45, 2.75) is 44.7 Å². The molecule has 2 atom stereocenters. The molecule has 3 aromatic rings. The molecule has 9 heteroatoms. The first-order valence-corrected chi connectivity index (χ1v) is 14.3. The second-order valence-electron chi connectivity index (χ2n) is 10.6. The highest BCUT2D eigenvalue weighted by Crippen LogP contribution is 2.34. The van der Waals surface area contributed by atoms with Crippen molar-refractivity contribution in [2.24, 2.45) is 5.92 Å². The highest BCUT2D eigenvalue weighted by molar-refractivity contribution is 5.69. The number of carbonyl (C=O) groups excluding carboxylic acids is 1. The Morgan fingerprint density at radius 3 is 2.48 bits per heavy atom. The van der Waals surface area contributed by atoms with Crippen LogP contribution < -0.4 is 10.1 Å². The van der Waals surface area contributed by atoms with Gasteiger partial charge < -0.3 is 19.5 Å². The van der Waals surface area contributed by atoms with Crippen molar-refractivity contribution >= 4 is 12.2 Å². The highest BCUT2D eigenvalue weighted by Gasteiger charge is 2.37. The summed E-state index contributed by atoms with van der Waals surface area (Å²) in [5, 5.41) is 3.03. The standard InChI is InChI=1S/C33H35F3N2O4/c1-2-40-18-15-24-12-11-23(19-29(24)33(34,35)36)22-41-28-10-6-9-27(20-28)31(26-7-4-3-5-8-26)37-32(39)42-30-21-38-16-13-25(30)14-17-38/h3-12,15,18-20,25,30-31H,2,13-14,16-17,21-22H2,1H3,(H,37,39)/b18-15+/t30-,31-/m0/s1. The van der Waals surface area contributed by atoms with Gasteiger partial charge >= 0.3 is 12.3 Å². The first kappa shape index (κ1) is 29.5. The number of carbonyl (C=O) groups is 1. The van der Waals surface area contributed by atoms with E-state index in [1.165, 1.54) is 18.4 Å². The Balaban J connectivity index is 1.30. The molecule has 6 nitrogen and oxygen atoms in total. The molecule has 0 radical (unpaired) electrons. The Labute approximate surface area is 244 Å². The quantitative estimate of drug-likeness (QED) is 0.257. The fourth-order valence-electron chi connectivity index (χ4n) is 5.59. The third-order valence-electron chi connectivity index (χ3n) is 7.78. The third kappa shape index (κ3) is 7.45. The number of alkyl carbamates (subject to hydrolysis) is 1. The van der Waals surface area contributed by atoms with Crippen molar-refractivity contribution in [1.29, 1.82) is 0 Å². The fourth-order valence-corrected chi connectivity index (χ4v) is 5.59. The fraction of sp³-hybridized carbons (Fsp3) is 0.364. The summed E-state index contributed by atoms with van der Waals surface area (Å²) in [6, 6.07) is 20.3. The van der Waals surface area contributed by atoms with E-state index in [1.807, 2.05) is 36.4 Å². The number of rotatable bonds is 10. The van der Waals surface area contributed by atoms with E-state index in [0.717, 1.165) is 49.7 Å². The van der Waals surface area contributed by atoms with Gasteiger partial charge in [0.25, 0.3) is 0 Å². The summed E-state index contributed by atoms with van der Waals surface area (Å²) in [6.07, 6.45) is -0.491. The Kier molecular flexibility index (Phi) is 9.37. The van der Waals surface area contributed by atoms with Gasteiger partial charge in [-0.25, -0.2) is 4.79 Å². The van der Waals surface area contributed by atoms with Gasteiger partial charge in [0, 0.05) is 6.54 Å². The molecule has 0 saturated carbocycles. The summed E-state index contributed by atoms with van der Waals surface area (Å²) in [5.74, 6) is 0.857. The summed E-state index contributed by atoms with van der Waals surface area (Å²) in [7, 11) is 0. The maximum absolute atomic E-state index is 13.7. The van der Waals surface area contributed by atoms with Crippen molar-refractivity contribution in [3.63, 3.8) is 0 Å². The summed E-state index contributed by atoms with van der Waals surface area (Å²) >= 11 is 0. The minimum atomic E-state index is -4.53. The average molecular weight is 581 g/mol. The molecule has 42 heavy (non-hydrogen) atoms. The molecule has 0 aromatic heterocycles. The normalized spacial score (nSPS) is 20.7. The number of nitrogens with one attached hydrogen (secondary N) is 1. The van der Waals surface area contributed by atoms with Crippen molar-refractivity contribution in [1.82, 2.24) is 10.2 Å². The van der Waals surface area contributed by atoms with E-state index in [4.69, 9.17) is 14.2 Å². The van der Waals surface area contributed by atoms with Crippen LogP contribution in [0.15, 0.2) is 79.1 Å². The van der Waals surface area contributed by atoms with Gasteiger partial charge in [0.2, 0.25) is 0 Å². The van der Waals surface area contributed by atoms with Crippen LogP contribution >= 0.6 is 0 Å². The lowest BCUT2D eigenvalue weighted by Gasteiger charge is -2.43. The zero-order chi connectivity index (χ0) is 29.5.